The Morgan fingerprint density at radius 1 is 1.27 bits per heavy atom. The normalized spacial score (nSPS) is 11.8. The van der Waals surface area contributed by atoms with Crippen LogP contribution < -0.4 is 4.74 Å². The molecule has 0 aromatic heterocycles. The Bertz CT molecular complexity index is 805. The van der Waals surface area contributed by atoms with Gasteiger partial charge in [-0.3, -0.25) is 0 Å². The average Bonchev–Trinajstić information content (AvgIpc) is 2.64. The third-order valence-electron chi connectivity index (χ3n) is 4.04. The molecule has 0 heterocycles. The molecule has 0 saturated carbocycles. The van der Waals surface area contributed by atoms with Crippen molar-refractivity contribution >= 4 is 23.3 Å². The van der Waals surface area contributed by atoms with Crippen molar-refractivity contribution in [2.75, 3.05) is 0 Å². The zero-order valence-electron chi connectivity index (χ0n) is 14.8. The molecule has 0 aliphatic carbocycles. The lowest BCUT2D eigenvalue weighted by Crippen LogP contribution is -2.19. The van der Waals surface area contributed by atoms with E-state index < -0.39 is 12.1 Å². The molecule has 3 N–H and O–H groups in total. The van der Waals surface area contributed by atoms with Crippen molar-refractivity contribution in [3.63, 3.8) is 0 Å². The first-order valence-electron chi connectivity index (χ1n) is 8.47. The number of rotatable bonds is 8. The zero-order chi connectivity index (χ0) is 19.3. The first kappa shape index (κ1) is 19.8. The van der Waals surface area contributed by atoms with Crippen LogP contribution in [-0.4, -0.2) is 21.9 Å². The fourth-order valence-electron chi connectivity index (χ4n) is 2.71. The van der Waals surface area contributed by atoms with Crippen LogP contribution in [0.3, 0.4) is 0 Å². The van der Waals surface area contributed by atoms with Gasteiger partial charge in [0.2, 0.25) is 6.10 Å². The van der Waals surface area contributed by atoms with E-state index in [1.165, 1.54) is 6.07 Å². The SMILES string of the molecule is CCCc1c(O)c(C(=N)CC)cc(Cl)c1OC(C(=O)O)c1ccccc1. The van der Waals surface area contributed by atoms with Gasteiger partial charge >= 0.3 is 5.97 Å². The minimum absolute atomic E-state index is 0.0738. The lowest BCUT2D eigenvalue weighted by molar-refractivity contribution is -0.145. The molecule has 0 amide bonds. The summed E-state index contributed by atoms with van der Waals surface area (Å²) in [6.07, 6.45) is 0.344. The predicted octanol–water partition coefficient (Wildman–Crippen LogP) is 4.98. The van der Waals surface area contributed by atoms with Crippen LogP contribution in [-0.2, 0) is 11.2 Å². The molecule has 0 spiro atoms. The summed E-state index contributed by atoms with van der Waals surface area (Å²) in [6, 6.07) is 10.0. The summed E-state index contributed by atoms with van der Waals surface area (Å²) in [6.45, 7) is 3.75. The Balaban J connectivity index is 2.55. The third kappa shape index (κ3) is 4.17. The summed E-state index contributed by atoms with van der Waals surface area (Å²) in [5.41, 5.74) is 1.50. The highest BCUT2D eigenvalue weighted by Crippen LogP contribution is 2.41. The molecule has 26 heavy (non-hydrogen) atoms. The number of ether oxygens (including phenoxy) is 1. The van der Waals surface area contributed by atoms with Crippen LogP contribution in [0.1, 0.15) is 49.5 Å². The van der Waals surface area contributed by atoms with E-state index in [1.54, 1.807) is 30.3 Å². The smallest absolute Gasteiger partial charge is 0.349 e. The number of phenols is 1. The van der Waals surface area contributed by atoms with Gasteiger partial charge in [0.25, 0.3) is 0 Å². The van der Waals surface area contributed by atoms with Gasteiger partial charge in [0.15, 0.2) is 0 Å². The van der Waals surface area contributed by atoms with E-state index in [9.17, 15) is 15.0 Å². The van der Waals surface area contributed by atoms with Gasteiger partial charge in [0, 0.05) is 22.4 Å². The van der Waals surface area contributed by atoms with Crippen LogP contribution in [0.15, 0.2) is 36.4 Å². The van der Waals surface area contributed by atoms with Gasteiger partial charge in [0.1, 0.15) is 11.5 Å². The van der Waals surface area contributed by atoms with Gasteiger partial charge in [0.05, 0.1) is 5.02 Å². The van der Waals surface area contributed by atoms with Crippen molar-refractivity contribution in [1.82, 2.24) is 0 Å². The summed E-state index contributed by atoms with van der Waals surface area (Å²) in [4.78, 5) is 11.7. The van der Waals surface area contributed by atoms with Crippen molar-refractivity contribution in [3.05, 3.63) is 58.1 Å². The second-order valence-electron chi connectivity index (χ2n) is 5.89. The second-order valence-corrected chi connectivity index (χ2v) is 6.30. The van der Waals surface area contributed by atoms with E-state index in [-0.39, 0.29) is 22.2 Å². The van der Waals surface area contributed by atoms with Crippen LogP contribution in [0.5, 0.6) is 11.5 Å². The van der Waals surface area contributed by atoms with Crippen LogP contribution in [0.4, 0.5) is 0 Å². The minimum atomic E-state index is -1.25. The summed E-state index contributed by atoms with van der Waals surface area (Å²) in [5.74, 6) is -1.08. The molecule has 1 atom stereocenters. The molecular weight excluding hydrogens is 354 g/mol. The average molecular weight is 376 g/mol. The quantitative estimate of drug-likeness (QED) is 0.567. The Labute approximate surface area is 157 Å². The molecule has 138 valence electrons. The topological polar surface area (TPSA) is 90.6 Å². The fraction of sp³-hybridized carbons (Fsp3) is 0.300. The number of nitrogens with one attached hydrogen (secondary N) is 1. The fourth-order valence-corrected chi connectivity index (χ4v) is 2.98. The van der Waals surface area contributed by atoms with E-state index in [0.717, 1.165) is 0 Å². The summed E-state index contributed by atoms with van der Waals surface area (Å²) in [7, 11) is 0. The Morgan fingerprint density at radius 2 is 1.92 bits per heavy atom. The van der Waals surface area contributed by atoms with Crippen molar-refractivity contribution in [3.8, 4) is 11.5 Å². The van der Waals surface area contributed by atoms with Crippen LogP contribution in [0.2, 0.25) is 5.02 Å². The number of phenolic OH excluding ortho intramolecular Hbond substituents is 1. The van der Waals surface area contributed by atoms with E-state index >= 15 is 0 Å². The molecule has 0 aliphatic heterocycles. The van der Waals surface area contributed by atoms with Gasteiger partial charge in [-0.05, 0) is 18.9 Å². The Morgan fingerprint density at radius 3 is 2.46 bits per heavy atom. The van der Waals surface area contributed by atoms with Gasteiger partial charge in [-0.2, -0.15) is 0 Å². The lowest BCUT2D eigenvalue weighted by Gasteiger charge is -2.21. The largest absolute Gasteiger partial charge is 0.507 e. The summed E-state index contributed by atoms with van der Waals surface area (Å²) in [5, 5.41) is 28.4. The molecule has 0 fully saturated rings. The number of carbonyl (C=O) groups is 1. The van der Waals surface area contributed by atoms with Crippen LogP contribution in [0.25, 0.3) is 0 Å². The maximum absolute atomic E-state index is 11.7. The highest BCUT2D eigenvalue weighted by atomic mass is 35.5. The van der Waals surface area contributed by atoms with Crippen molar-refractivity contribution in [1.29, 1.82) is 5.41 Å². The summed E-state index contributed by atoms with van der Waals surface area (Å²) >= 11 is 6.35. The zero-order valence-corrected chi connectivity index (χ0v) is 15.5. The molecule has 2 aromatic carbocycles. The first-order valence-corrected chi connectivity index (χ1v) is 8.84. The minimum Gasteiger partial charge on any atom is -0.507 e. The molecule has 1 unspecified atom stereocenters. The number of hydrogen-bond acceptors (Lipinski definition) is 4. The number of aromatic hydroxyl groups is 1. The van der Waals surface area contributed by atoms with Gasteiger partial charge in [-0.25, -0.2) is 4.79 Å². The molecule has 0 saturated heterocycles. The molecule has 0 aliphatic rings. The van der Waals surface area contributed by atoms with Crippen LogP contribution in [0, 0.1) is 5.41 Å². The molecular formula is C20H22ClNO4. The Hall–Kier alpha value is -2.53. The molecule has 6 heteroatoms. The molecule has 2 rings (SSSR count). The van der Waals surface area contributed by atoms with Gasteiger partial charge in [-0.1, -0.05) is 62.2 Å². The van der Waals surface area contributed by atoms with Gasteiger partial charge < -0.3 is 20.4 Å². The van der Waals surface area contributed by atoms with Crippen LogP contribution >= 0.6 is 11.6 Å². The molecule has 5 nitrogen and oxygen atoms in total. The van der Waals surface area contributed by atoms with Crippen molar-refractivity contribution < 1.29 is 19.7 Å². The number of carboxylic acid groups (broad SMARTS) is 1. The predicted molar refractivity (Wildman–Crippen MR) is 102 cm³/mol. The highest BCUT2D eigenvalue weighted by molar-refractivity contribution is 6.32. The van der Waals surface area contributed by atoms with Crippen molar-refractivity contribution in [2.24, 2.45) is 0 Å². The lowest BCUT2D eigenvalue weighted by atomic mass is 9.99. The highest BCUT2D eigenvalue weighted by Gasteiger charge is 2.27. The Kier molecular flexibility index (Phi) is 6.64. The number of halogens is 1. The van der Waals surface area contributed by atoms with E-state index in [1.807, 2.05) is 13.8 Å². The number of hydrogen-bond donors (Lipinski definition) is 3. The maximum Gasteiger partial charge on any atom is 0.349 e. The van der Waals surface area contributed by atoms with Gasteiger partial charge in [-0.15, -0.1) is 0 Å². The van der Waals surface area contributed by atoms with Crippen molar-refractivity contribution in [2.45, 2.75) is 39.2 Å². The second kappa shape index (κ2) is 8.72. The number of carboxylic acids is 1. The number of benzene rings is 2. The number of aliphatic carboxylic acids is 1. The molecule has 2 aromatic rings. The summed E-state index contributed by atoms with van der Waals surface area (Å²) < 4.78 is 5.76. The molecule has 0 bridgehead atoms. The van der Waals surface area contributed by atoms with E-state index in [4.69, 9.17) is 21.7 Å². The first-order chi connectivity index (χ1) is 12.4. The monoisotopic (exact) mass is 375 g/mol. The maximum atomic E-state index is 11.7. The van der Waals surface area contributed by atoms with E-state index in [2.05, 4.69) is 0 Å². The third-order valence-corrected chi connectivity index (χ3v) is 4.32. The standard InChI is InChI=1S/C20H22ClNO4/c1-3-8-13-17(23)14(16(22)4-2)11-15(21)19(13)26-18(20(24)25)12-9-6-5-7-10-12/h5-7,9-11,18,22-23H,3-4,8H2,1-2H3,(H,24,25). The van der Waals surface area contributed by atoms with E-state index in [0.29, 0.717) is 36.0 Å². The molecule has 0 radical (unpaired) electrons.